The van der Waals surface area contributed by atoms with Crippen LogP contribution in [0.5, 0.6) is 0 Å². The lowest BCUT2D eigenvalue weighted by atomic mass is 10.1. The number of rotatable bonds is 2. The molecule has 0 unspecified atom stereocenters. The number of nitrogens with zero attached hydrogens (tertiary/aromatic N) is 1. The van der Waals surface area contributed by atoms with Crippen LogP contribution in [0.15, 0.2) is 23.2 Å². The average molecular weight is 233 g/mol. The van der Waals surface area contributed by atoms with Gasteiger partial charge in [0.2, 0.25) is 0 Å². The molecule has 0 bridgehead atoms. The maximum atomic E-state index is 5.83. The van der Waals surface area contributed by atoms with Crippen molar-refractivity contribution in [2.75, 3.05) is 0 Å². The number of nitrogens with two attached hydrogens (primary N) is 1. The van der Waals surface area contributed by atoms with Gasteiger partial charge in [-0.2, -0.15) is 0 Å². The summed E-state index contributed by atoms with van der Waals surface area (Å²) in [5, 5.41) is 3.15. The van der Waals surface area contributed by atoms with Gasteiger partial charge in [-0.3, -0.25) is 0 Å². The van der Waals surface area contributed by atoms with Crippen LogP contribution in [0.3, 0.4) is 0 Å². The largest absolute Gasteiger partial charge is 0.370 e. The van der Waals surface area contributed by atoms with E-state index in [4.69, 9.17) is 5.73 Å². The van der Waals surface area contributed by atoms with Gasteiger partial charge in [0.1, 0.15) is 0 Å². The quantitative estimate of drug-likeness (QED) is 0.609. The van der Waals surface area contributed by atoms with Gasteiger partial charge < -0.3 is 11.1 Å². The Balaban J connectivity index is 2.69. The van der Waals surface area contributed by atoms with Crippen LogP contribution in [0.2, 0.25) is 0 Å². The molecule has 1 aromatic carbocycles. The molecule has 1 aromatic rings. The summed E-state index contributed by atoms with van der Waals surface area (Å²) < 4.78 is 0. The molecule has 0 aliphatic carbocycles. The van der Waals surface area contributed by atoms with Crippen molar-refractivity contribution in [2.45, 2.75) is 46.7 Å². The minimum atomic E-state index is -0.0457. The van der Waals surface area contributed by atoms with E-state index in [1.54, 1.807) is 0 Å². The van der Waals surface area contributed by atoms with E-state index < -0.39 is 0 Å². The SMILES string of the molecule is Cc1ccc(CN=C(N)NC(C)(C)C)c(C)c1. The first-order chi connectivity index (χ1) is 7.78. The first-order valence-electron chi connectivity index (χ1n) is 5.92. The second-order valence-corrected chi connectivity index (χ2v) is 5.51. The molecule has 0 aliphatic heterocycles. The Morgan fingerprint density at radius 2 is 1.94 bits per heavy atom. The molecule has 0 saturated carbocycles. The molecule has 1 rings (SSSR count). The van der Waals surface area contributed by atoms with Gasteiger partial charge in [-0.05, 0) is 45.7 Å². The Hall–Kier alpha value is -1.51. The van der Waals surface area contributed by atoms with E-state index in [0.29, 0.717) is 12.5 Å². The summed E-state index contributed by atoms with van der Waals surface area (Å²) in [6.07, 6.45) is 0. The third kappa shape index (κ3) is 4.89. The zero-order valence-electron chi connectivity index (χ0n) is 11.5. The van der Waals surface area contributed by atoms with E-state index in [-0.39, 0.29) is 5.54 Å². The Bertz CT molecular complexity index is 414. The molecular weight excluding hydrogens is 210 g/mol. The van der Waals surface area contributed by atoms with Gasteiger partial charge in [0.15, 0.2) is 5.96 Å². The Labute approximate surface area is 104 Å². The molecule has 0 fully saturated rings. The van der Waals surface area contributed by atoms with Crippen molar-refractivity contribution in [2.24, 2.45) is 10.7 Å². The fourth-order valence-electron chi connectivity index (χ4n) is 1.62. The van der Waals surface area contributed by atoms with Crippen molar-refractivity contribution in [3.05, 3.63) is 34.9 Å². The molecule has 0 radical (unpaired) electrons. The van der Waals surface area contributed by atoms with E-state index in [9.17, 15) is 0 Å². The number of aryl methyl sites for hydroxylation is 2. The number of hydrogen-bond acceptors (Lipinski definition) is 1. The molecule has 0 heterocycles. The van der Waals surface area contributed by atoms with Crippen molar-refractivity contribution >= 4 is 5.96 Å². The van der Waals surface area contributed by atoms with Crippen molar-refractivity contribution in [3.8, 4) is 0 Å². The number of nitrogens with one attached hydrogen (secondary N) is 1. The lowest BCUT2D eigenvalue weighted by Crippen LogP contribution is -2.44. The number of guanidine groups is 1. The molecule has 0 aromatic heterocycles. The van der Waals surface area contributed by atoms with Gasteiger partial charge in [-0.1, -0.05) is 23.8 Å². The third-order valence-corrected chi connectivity index (χ3v) is 2.42. The van der Waals surface area contributed by atoms with Crippen molar-refractivity contribution < 1.29 is 0 Å². The molecule has 3 heteroatoms. The molecule has 94 valence electrons. The van der Waals surface area contributed by atoms with Crippen LogP contribution in [0.25, 0.3) is 0 Å². The molecular formula is C14H23N3. The summed E-state index contributed by atoms with van der Waals surface area (Å²) in [4.78, 5) is 4.35. The van der Waals surface area contributed by atoms with Crippen molar-refractivity contribution in [1.82, 2.24) is 5.32 Å². The maximum Gasteiger partial charge on any atom is 0.189 e. The molecule has 0 spiro atoms. The molecule has 17 heavy (non-hydrogen) atoms. The molecule has 0 saturated heterocycles. The highest BCUT2D eigenvalue weighted by molar-refractivity contribution is 5.78. The summed E-state index contributed by atoms with van der Waals surface area (Å²) in [5.74, 6) is 0.498. The lowest BCUT2D eigenvalue weighted by Gasteiger charge is -2.21. The van der Waals surface area contributed by atoms with E-state index in [1.165, 1.54) is 16.7 Å². The van der Waals surface area contributed by atoms with E-state index >= 15 is 0 Å². The summed E-state index contributed by atoms with van der Waals surface area (Å²) in [6, 6.07) is 6.38. The highest BCUT2D eigenvalue weighted by Gasteiger charge is 2.09. The first-order valence-corrected chi connectivity index (χ1v) is 5.92. The van der Waals surface area contributed by atoms with Gasteiger partial charge in [0.25, 0.3) is 0 Å². The highest BCUT2D eigenvalue weighted by Crippen LogP contribution is 2.11. The van der Waals surface area contributed by atoms with E-state index in [2.05, 4.69) is 63.1 Å². The normalized spacial score (nSPS) is 12.6. The molecule has 3 N–H and O–H groups in total. The Morgan fingerprint density at radius 1 is 1.29 bits per heavy atom. The van der Waals surface area contributed by atoms with Crippen LogP contribution >= 0.6 is 0 Å². The molecule has 0 aliphatic rings. The minimum absolute atomic E-state index is 0.0457. The predicted octanol–water partition coefficient (Wildman–Crippen LogP) is 2.51. The maximum absolute atomic E-state index is 5.83. The fourth-order valence-corrected chi connectivity index (χ4v) is 1.62. The highest BCUT2D eigenvalue weighted by atomic mass is 15.1. The third-order valence-electron chi connectivity index (χ3n) is 2.42. The average Bonchev–Trinajstić information content (AvgIpc) is 2.13. The molecule has 0 atom stereocenters. The van der Waals surface area contributed by atoms with E-state index in [1.807, 2.05) is 0 Å². The minimum Gasteiger partial charge on any atom is -0.370 e. The topological polar surface area (TPSA) is 50.4 Å². The van der Waals surface area contributed by atoms with Crippen LogP contribution in [0.1, 0.15) is 37.5 Å². The van der Waals surface area contributed by atoms with Gasteiger partial charge in [-0.15, -0.1) is 0 Å². The summed E-state index contributed by atoms with van der Waals surface area (Å²) >= 11 is 0. The fraction of sp³-hybridized carbons (Fsp3) is 0.500. The van der Waals surface area contributed by atoms with Crippen LogP contribution in [-0.4, -0.2) is 11.5 Å². The van der Waals surface area contributed by atoms with Gasteiger partial charge >= 0.3 is 0 Å². The number of aliphatic imine (C=N–C) groups is 1. The van der Waals surface area contributed by atoms with E-state index in [0.717, 1.165) is 0 Å². The monoisotopic (exact) mass is 233 g/mol. The Morgan fingerprint density at radius 3 is 2.47 bits per heavy atom. The van der Waals surface area contributed by atoms with Crippen LogP contribution in [-0.2, 0) is 6.54 Å². The van der Waals surface area contributed by atoms with Crippen molar-refractivity contribution in [3.63, 3.8) is 0 Å². The van der Waals surface area contributed by atoms with Crippen molar-refractivity contribution in [1.29, 1.82) is 0 Å². The standard InChI is InChI=1S/C14H23N3/c1-10-6-7-12(11(2)8-10)9-16-13(15)17-14(3,4)5/h6-8H,9H2,1-5H3,(H3,15,16,17). The van der Waals surface area contributed by atoms with Gasteiger partial charge in [-0.25, -0.2) is 4.99 Å². The summed E-state index contributed by atoms with van der Waals surface area (Å²) in [6.45, 7) is 11.0. The number of hydrogen-bond donors (Lipinski definition) is 2. The predicted molar refractivity (Wildman–Crippen MR) is 74.1 cm³/mol. The summed E-state index contributed by atoms with van der Waals surface area (Å²) in [7, 11) is 0. The Kier molecular flexibility index (Phi) is 4.16. The second kappa shape index (κ2) is 5.21. The van der Waals surface area contributed by atoms with Crippen LogP contribution < -0.4 is 11.1 Å². The first kappa shape index (κ1) is 13.6. The smallest absolute Gasteiger partial charge is 0.189 e. The lowest BCUT2D eigenvalue weighted by molar-refractivity contribution is 0.508. The van der Waals surface area contributed by atoms with Gasteiger partial charge in [0, 0.05) is 5.54 Å². The molecule has 0 amide bonds. The van der Waals surface area contributed by atoms with Crippen LogP contribution in [0, 0.1) is 13.8 Å². The van der Waals surface area contributed by atoms with Crippen LogP contribution in [0.4, 0.5) is 0 Å². The second-order valence-electron chi connectivity index (χ2n) is 5.51. The summed E-state index contributed by atoms with van der Waals surface area (Å²) in [5.41, 5.74) is 9.53. The zero-order valence-corrected chi connectivity index (χ0v) is 11.5. The number of benzene rings is 1. The molecule has 3 nitrogen and oxygen atoms in total. The van der Waals surface area contributed by atoms with Gasteiger partial charge in [0.05, 0.1) is 6.54 Å². The zero-order chi connectivity index (χ0) is 13.1.